The van der Waals surface area contributed by atoms with Crippen LogP contribution in [0.2, 0.25) is 0 Å². The van der Waals surface area contributed by atoms with E-state index >= 15 is 0 Å². The van der Waals surface area contributed by atoms with Crippen molar-refractivity contribution < 1.29 is 4.39 Å². The maximum atomic E-state index is 12.9. The summed E-state index contributed by atoms with van der Waals surface area (Å²) in [4.78, 5) is 0. The molecule has 1 unspecified atom stereocenters. The zero-order chi connectivity index (χ0) is 9.26. The molecule has 2 nitrogen and oxygen atoms in total. The third-order valence-corrected chi connectivity index (χ3v) is 2.50. The van der Waals surface area contributed by atoms with Crippen molar-refractivity contribution in [1.29, 1.82) is 0 Å². The van der Waals surface area contributed by atoms with E-state index in [1.54, 1.807) is 6.07 Å². The largest absolute Gasteiger partial charge is 0.329 e. The molecule has 1 aliphatic rings. The lowest BCUT2D eigenvalue weighted by Crippen LogP contribution is -2.34. The molecule has 0 aromatic heterocycles. The van der Waals surface area contributed by atoms with Crippen LogP contribution in [0.1, 0.15) is 17.2 Å². The second kappa shape index (κ2) is 4.73. The fourth-order valence-electron chi connectivity index (χ4n) is 1.82. The zero-order valence-electron chi connectivity index (χ0n) is 7.79. The van der Waals surface area contributed by atoms with Crippen molar-refractivity contribution in [2.45, 2.75) is 12.5 Å². The van der Waals surface area contributed by atoms with Crippen molar-refractivity contribution in [1.82, 2.24) is 5.32 Å². The summed E-state index contributed by atoms with van der Waals surface area (Å²) >= 11 is 0. The van der Waals surface area contributed by atoms with Crippen molar-refractivity contribution in [2.24, 2.45) is 5.73 Å². The highest BCUT2D eigenvalue weighted by molar-refractivity contribution is 5.85. The summed E-state index contributed by atoms with van der Waals surface area (Å²) in [5, 5.41) is 3.26. The molecule has 3 N–H and O–H groups in total. The Morgan fingerprint density at radius 1 is 1.50 bits per heavy atom. The fourth-order valence-corrected chi connectivity index (χ4v) is 1.82. The second-order valence-corrected chi connectivity index (χ2v) is 3.34. The summed E-state index contributed by atoms with van der Waals surface area (Å²) < 4.78 is 12.9. The molecule has 1 heterocycles. The Balaban J connectivity index is 0.000000980. The smallest absolute Gasteiger partial charge is 0.123 e. The maximum absolute atomic E-state index is 12.9. The van der Waals surface area contributed by atoms with Gasteiger partial charge in [0.2, 0.25) is 0 Å². The normalized spacial score (nSPS) is 19.7. The Morgan fingerprint density at radius 3 is 3.00 bits per heavy atom. The standard InChI is InChI=1S/C10H13FN2.ClH/c11-8-2-1-7-3-4-13-10(6-12)9(7)5-8;/h1-2,5,10,13H,3-4,6,12H2;1H. The lowest BCUT2D eigenvalue weighted by Gasteiger charge is -2.25. The first-order chi connectivity index (χ1) is 6.31. The van der Waals surface area contributed by atoms with Gasteiger partial charge in [-0.1, -0.05) is 6.07 Å². The van der Waals surface area contributed by atoms with Crippen molar-refractivity contribution in [3.8, 4) is 0 Å². The molecule has 0 bridgehead atoms. The van der Waals surface area contributed by atoms with Crippen LogP contribution in [-0.2, 0) is 6.42 Å². The Kier molecular flexibility index (Phi) is 3.86. The van der Waals surface area contributed by atoms with Crippen molar-refractivity contribution >= 4 is 12.4 Å². The van der Waals surface area contributed by atoms with Gasteiger partial charge >= 0.3 is 0 Å². The van der Waals surface area contributed by atoms with Crippen LogP contribution in [0.25, 0.3) is 0 Å². The average Bonchev–Trinajstić information content (AvgIpc) is 2.17. The fraction of sp³-hybridized carbons (Fsp3) is 0.400. The number of fused-ring (bicyclic) bond motifs is 1. The molecule has 0 radical (unpaired) electrons. The quantitative estimate of drug-likeness (QED) is 0.745. The van der Waals surface area contributed by atoms with E-state index in [1.165, 1.54) is 11.6 Å². The second-order valence-electron chi connectivity index (χ2n) is 3.34. The molecule has 2 rings (SSSR count). The highest BCUT2D eigenvalue weighted by Crippen LogP contribution is 2.22. The topological polar surface area (TPSA) is 38.0 Å². The summed E-state index contributed by atoms with van der Waals surface area (Å²) in [5.41, 5.74) is 7.82. The van der Waals surface area contributed by atoms with Gasteiger partial charge in [0.25, 0.3) is 0 Å². The molecule has 78 valence electrons. The number of nitrogens with two attached hydrogens (primary N) is 1. The van der Waals surface area contributed by atoms with Crippen LogP contribution in [0.5, 0.6) is 0 Å². The summed E-state index contributed by atoms with van der Waals surface area (Å²) in [6.07, 6.45) is 0.964. The van der Waals surface area contributed by atoms with Gasteiger partial charge < -0.3 is 11.1 Å². The number of hydrogen-bond donors (Lipinski definition) is 2. The summed E-state index contributed by atoms with van der Waals surface area (Å²) in [5.74, 6) is -0.180. The molecule has 0 amide bonds. The monoisotopic (exact) mass is 216 g/mol. The number of rotatable bonds is 1. The highest BCUT2D eigenvalue weighted by atomic mass is 35.5. The van der Waals surface area contributed by atoms with E-state index in [0.29, 0.717) is 6.54 Å². The minimum Gasteiger partial charge on any atom is -0.329 e. The zero-order valence-corrected chi connectivity index (χ0v) is 8.61. The van der Waals surface area contributed by atoms with Crippen LogP contribution in [-0.4, -0.2) is 13.1 Å². The number of nitrogens with one attached hydrogen (secondary N) is 1. The number of halogens is 2. The average molecular weight is 217 g/mol. The first-order valence-corrected chi connectivity index (χ1v) is 4.53. The van der Waals surface area contributed by atoms with E-state index in [4.69, 9.17) is 5.73 Å². The Hall–Kier alpha value is -0.640. The number of benzene rings is 1. The van der Waals surface area contributed by atoms with Crippen LogP contribution in [0.4, 0.5) is 4.39 Å². The lowest BCUT2D eigenvalue weighted by molar-refractivity contribution is 0.507. The molecular formula is C10H14ClFN2. The SMILES string of the molecule is Cl.NCC1NCCc2ccc(F)cc21. The lowest BCUT2D eigenvalue weighted by atomic mass is 9.94. The predicted molar refractivity (Wildman–Crippen MR) is 57.2 cm³/mol. The molecule has 0 saturated heterocycles. The van der Waals surface area contributed by atoms with Gasteiger partial charge in [-0.15, -0.1) is 12.4 Å². The highest BCUT2D eigenvalue weighted by Gasteiger charge is 2.18. The minimum atomic E-state index is -0.180. The van der Waals surface area contributed by atoms with Crippen LogP contribution in [0.3, 0.4) is 0 Å². The van der Waals surface area contributed by atoms with E-state index in [2.05, 4.69) is 5.32 Å². The molecule has 1 aliphatic heterocycles. The van der Waals surface area contributed by atoms with Gasteiger partial charge in [0, 0.05) is 12.6 Å². The predicted octanol–water partition coefficient (Wildman–Crippen LogP) is 1.39. The van der Waals surface area contributed by atoms with E-state index in [9.17, 15) is 4.39 Å². The van der Waals surface area contributed by atoms with E-state index < -0.39 is 0 Å². The van der Waals surface area contributed by atoms with Gasteiger partial charge in [0.15, 0.2) is 0 Å². The van der Waals surface area contributed by atoms with Gasteiger partial charge in [-0.3, -0.25) is 0 Å². The molecule has 0 spiro atoms. The third kappa shape index (κ3) is 2.05. The summed E-state index contributed by atoms with van der Waals surface area (Å²) in [7, 11) is 0. The first-order valence-electron chi connectivity index (χ1n) is 4.53. The van der Waals surface area contributed by atoms with Crippen molar-refractivity contribution in [3.63, 3.8) is 0 Å². The van der Waals surface area contributed by atoms with Crippen molar-refractivity contribution in [3.05, 3.63) is 35.1 Å². The van der Waals surface area contributed by atoms with Crippen LogP contribution in [0, 0.1) is 5.82 Å². The Bertz CT molecular complexity index is 317. The third-order valence-electron chi connectivity index (χ3n) is 2.50. The molecule has 1 aromatic rings. The molecule has 1 atom stereocenters. The van der Waals surface area contributed by atoms with Gasteiger partial charge in [-0.2, -0.15) is 0 Å². The number of hydrogen-bond acceptors (Lipinski definition) is 2. The first kappa shape index (κ1) is 11.4. The van der Waals surface area contributed by atoms with Crippen molar-refractivity contribution in [2.75, 3.05) is 13.1 Å². The molecule has 14 heavy (non-hydrogen) atoms. The van der Waals surface area contributed by atoms with Crippen LogP contribution in [0.15, 0.2) is 18.2 Å². The van der Waals surface area contributed by atoms with Crippen LogP contribution < -0.4 is 11.1 Å². The van der Waals surface area contributed by atoms with Gasteiger partial charge in [0.1, 0.15) is 5.82 Å². The molecule has 1 aromatic carbocycles. The maximum Gasteiger partial charge on any atom is 0.123 e. The van der Waals surface area contributed by atoms with Gasteiger partial charge in [0.05, 0.1) is 0 Å². The summed E-state index contributed by atoms with van der Waals surface area (Å²) in [6.45, 7) is 1.46. The van der Waals surface area contributed by atoms with E-state index in [1.807, 2.05) is 6.07 Å². The molecule has 0 aliphatic carbocycles. The molecular weight excluding hydrogens is 203 g/mol. The minimum absolute atomic E-state index is 0. The molecule has 0 fully saturated rings. The Labute approximate surface area is 89.1 Å². The molecule has 0 saturated carbocycles. The van der Waals surface area contributed by atoms with E-state index in [-0.39, 0.29) is 24.3 Å². The Morgan fingerprint density at radius 2 is 2.29 bits per heavy atom. The van der Waals surface area contributed by atoms with Gasteiger partial charge in [-0.05, 0) is 36.2 Å². The molecule has 4 heteroatoms. The summed E-state index contributed by atoms with van der Waals surface area (Å²) in [6, 6.07) is 5.07. The van der Waals surface area contributed by atoms with Gasteiger partial charge in [-0.25, -0.2) is 4.39 Å². The van der Waals surface area contributed by atoms with Crippen LogP contribution >= 0.6 is 12.4 Å². The van der Waals surface area contributed by atoms with E-state index in [0.717, 1.165) is 18.5 Å².